The molecule has 4 heteroatoms. The van der Waals surface area contributed by atoms with Crippen LogP contribution in [0, 0.1) is 0 Å². The Kier molecular flexibility index (Phi) is 4.11. The van der Waals surface area contributed by atoms with Gasteiger partial charge in [-0.1, -0.05) is 0 Å². The molecule has 0 aromatic carbocycles. The number of nitrogens with zero attached hydrogens (tertiary/aromatic N) is 1. The molecular weight excluding hydrogens is 206 g/mol. The fraction of sp³-hybridized carbons (Fsp3) is 0.727. The molecule has 0 radical (unpaired) electrons. The average molecular weight is 225 g/mol. The molecule has 15 heavy (non-hydrogen) atoms. The minimum atomic E-state index is 0.674. The number of thiazole rings is 1. The second kappa shape index (κ2) is 5.58. The lowest BCUT2D eigenvalue weighted by Crippen LogP contribution is -2.23. The Balaban J connectivity index is 1.83. The first-order valence-corrected chi connectivity index (χ1v) is 6.57. The van der Waals surface area contributed by atoms with Gasteiger partial charge in [-0.25, -0.2) is 4.98 Å². The minimum absolute atomic E-state index is 0.674. The van der Waals surface area contributed by atoms with Crippen molar-refractivity contribution < 1.29 is 0 Å². The van der Waals surface area contributed by atoms with Gasteiger partial charge in [-0.05, 0) is 26.4 Å². The first-order chi connectivity index (χ1) is 7.38. The third kappa shape index (κ3) is 3.26. The van der Waals surface area contributed by atoms with Gasteiger partial charge in [0.15, 0.2) is 0 Å². The predicted octanol–water partition coefficient (Wildman–Crippen LogP) is 1.20. The van der Waals surface area contributed by atoms with Gasteiger partial charge in [-0.15, -0.1) is 11.3 Å². The quantitative estimate of drug-likeness (QED) is 0.790. The Labute approximate surface area is 95.3 Å². The molecule has 1 saturated heterocycles. The van der Waals surface area contributed by atoms with Crippen molar-refractivity contribution in [1.82, 2.24) is 15.6 Å². The maximum atomic E-state index is 4.65. The zero-order valence-corrected chi connectivity index (χ0v) is 10.1. The summed E-state index contributed by atoms with van der Waals surface area (Å²) in [6, 6.07) is 0.674. The standard InChI is InChI=1S/C11H19N3S/c1-12-6-4-10-8-15-11(14-10)7-9-3-2-5-13-9/h8-9,12-13H,2-7H2,1H3. The molecule has 84 valence electrons. The molecule has 0 spiro atoms. The number of hydrogen-bond donors (Lipinski definition) is 2. The summed E-state index contributed by atoms with van der Waals surface area (Å²) in [5.74, 6) is 0. The van der Waals surface area contributed by atoms with Crippen molar-refractivity contribution in [2.75, 3.05) is 20.1 Å². The topological polar surface area (TPSA) is 37.0 Å². The lowest BCUT2D eigenvalue weighted by atomic mass is 10.2. The van der Waals surface area contributed by atoms with Gasteiger partial charge >= 0.3 is 0 Å². The molecule has 2 heterocycles. The largest absolute Gasteiger partial charge is 0.319 e. The van der Waals surface area contributed by atoms with Gasteiger partial charge in [0.2, 0.25) is 0 Å². The normalized spacial score (nSPS) is 21.0. The lowest BCUT2D eigenvalue weighted by molar-refractivity contribution is 0.600. The van der Waals surface area contributed by atoms with E-state index in [9.17, 15) is 0 Å². The maximum Gasteiger partial charge on any atom is 0.0943 e. The van der Waals surface area contributed by atoms with Crippen LogP contribution in [0.4, 0.5) is 0 Å². The Morgan fingerprint density at radius 1 is 1.67 bits per heavy atom. The van der Waals surface area contributed by atoms with Gasteiger partial charge in [-0.2, -0.15) is 0 Å². The van der Waals surface area contributed by atoms with Crippen LogP contribution in [0.25, 0.3) is 0 Å². The first kappa shape index (κ1) is 11.0. The summed E-state index contributed by atoms with van der Waals surface area (Å²) in [6.45, 7) is 2.20. The number of hydrogen-bond acceptors (Lipinski definition) is 4. The molecule has 3 nitrogen and oxygen atoms in total. The van der Waals surface area contributed by atoms with E-state index < -0.39 is 0 Å². The van der Waals surface area contributed by atoms with E-state index >= 15 is 0 Å². The van der Waals surface area contributed by atoms with Crippen molar-refractivity contribution in [1.29, 1.82) is 0 Å². The summed E-state index contributed by atoms with van der Waals surface area (Å²) in [7, 11) is 1.98. The van der Waals surface area contributed by atoms with Gasteiger partial charge in [0, 0.05) is 30.8 Å². The van der Waals surface area contributed by atoms with Gasteiger partial charge in [0.1, 0.15) is 0 Å². The summed E-state index contributed by atoms with van der Waals surface area (Å²) in [5.41, 5.74) is 1.24. The van der Waals surface area contributed by atoms with Crippen LogP contribution in [0.15, 0.2) is 5.38 Å². The summed E-state index contributed by atoms with van der Waals surface area (Å²) in [4.78, 5) is 4.65. The van der Waals surface area contributed by atoms with Crippen LogP contribution in [-0.2, 0) is 12.8 Å². The third-order valence-corrected chi connectivity index (χ3v) is 3.73. The van der Waals surface area contributed by atoms with Gasteiger partial charge in [-0.3, -0.25) is 0 Å². The van der Waals surface area contributed by atoms with Gasteiger partial charge < -0.3 is 10.6 Å². The van der Waals surface area contributed by atoms with Crippen LogP contribution >= 0.6 is 11.3 Å². The van der Waals surface area contributed by atoms with Crippen molar-refractivity contribution in [2.24, 2.45) is 0 Å². The molecule has 0 aliphatic carbocycles. The zero-order valence-electron chi connectivity index (χ0n) is 9.25. The van der Waals surface area contributed by atoms with Crippen molar-refractivity contribution in [3.63, 3.8) is 0 Å². The number of aromatic nitrogens is 1. The first-order valence-electron chi connectivity index (χ1n) is 5.70. The molecule has 0 saturated carbocycles. The predicted molar refractivity (Wildman–Crippen MR) is 64.5 cm³/mol. The van der Waals surface area contributed by atoms with Crippen molar-refractivity contribution in [3.05, 3.63) is 16.1 Å². The van der Waals surface area contributed by atoms with E-state index in [4.69, 9.17) is 0 Å². The van der Waals surface area contributed by atoms with Crippen LogP contribution < -0.4 is 10.6 Å². The van der Waals surface area contributed by atoms with Crippen molar-refractivity contribution in [3.8, 4) is 0 Å². The number of likely N-dealkylation sites (N-methyl/N-ethyl adjacent to an activating group) is 1. The summed E-state index contributed by atoms with van der Waals surface area (Å²) in [6.07, 6.45) is 4.80. The third-order valence-electron chi connectivity index (χ3n) is 2.81. The summed E-state index contributed by atoms with van der Waals surface area (Å²) in [5, 5.41) is 10.2. The van der Waals surface area contributed by atoms with Gasteiger partial charge in [0.25, 0.3) is 0 Å². The molecule has 1 aliphatic rings. The number of rotatable bonds is 5. The zero-order chi connectivity index (χ0) is 10.5. The van der Waals surface area contributed by atoms with E-state index in [-0.39, 0.29) is 0 Å². The highest BCUT2D eigenvalue weighted by atomic mass is 32.1. The molecule has 0 amide bonds. The number of nitrogens with one attached hydrogen (secondary N) is 2. The van der Waals surface area contributed by atoms with Gasteiger partial charge in [0.05, 0.1) is 10.7 Å². The molecule has 2 rings (SSSR count). The summed E-state index contributed by atoms with van der Waals surface area (Å²) < 4.78 is 0. The molecular formula is C11H19N3S. The molecule has 1 aromatic rings. The Morgan fingerprint density at radius 2 is 2.60 bits per heavy atom. The molecule has 1 unspecified atom stereocenters. The Bertz CT molecular complexity index is 292. The van der Waals surface area contributed by atoms with Crippen molar-refractivity contribution in [2.45, 2.75) is 31.7 Å². The Morgan fingerprint density at radius 3 is 3.33 bits per heavy atom. The second-order valence-corrected chi connectivity index (χ2v) is 5.03. The van der Waals surface area contributed by atoms with E-state index in [1.54, 1.807) is 0 Å². The maximum absolute atomic E-state index is 4.65. The van der Waals surface area contributed by atoms with E-state index in [0.717, 1.165) is 19.4 Å². The van der Waals surface area contributed by atoms with Crippen LogP contribution in [0.2, 0.25) is 0 Å². The van der Waals surface area contributed by atoms with E-state index in [0.29, 0.717) is 6.04 Å². The monoisotopic (exact) mass is 225 g/mol. The second-order valence-electron chi connectivity index (χ2n) is 4.08. The molecule has 1 aliphatic heterocycles. The SMILES string of the molecule is CNCCc1csc(CC2CCCN2)n1. The fourth-order valence-corrected chi connectivity index (χ4v) is 2.86. The van der Waals surface area contributed by atoms with Crippen molar-refractivity contribution >= 4 is 11.3 Å². The highest BCUT2D eigenvalue weighted by molar-refractivity contribution is 7.09. The molecule has 2 N–H and O–H groups in total. The van der Waals surface area contributed by atoms with E-state index in [1.165, 1.54) is 30.1 Å². The Hall–Kier alpha value is -0.450. The highest BCUT2D eigenvalue weighted by Crippen LogP contribution is 2.16. The minimum Gasteiger partial charge on any atom is -0.319 e. The highest BCUT2D eigenvalue weighted by Gasteiger charge is 2.15. The lowest BCUT2D eigenvalue weighted by Gasteiger charge is -2.06. The van der Waals surface area contributed by atoms with E-state index in [1.807, 2.05) is 18.4 Å². The van der Waals surface area contributed by atoms with Crippen LogP contribution in [0.1, 0.15) is 23.5 Å². The van der Waals surface area contributed by atoms with Crippen LogP contribution in [0.5, 0.6) is 0 Å². The molecule has 1 aromatic heterocycles. The van der Waals surface area contributed by atoms with E-state index in [2.05, 4.69) is 21.0 Å². The molecule has 1 atom stereocenters. The summed E-state index contributed by atoms with van der Waals surface area (Å²) >= 11 is 1.81. The van der Waals surface area contributed by atoms with Crippen LogP contribution in [-0.4, -0.2) is 31.2 Å². The van der Waals surface area contributed by atoms with Crippen LogP contribution in [0.3, 0.4) is 0 Å². The smallest absolute Gasteiger partial charge is 0.0943 e. The molecule has 0 bridgehead atoms. The average Bonchev–Trinajstić information content (AvgIpc) is 2.87. The fourth-order valence-electron chi connectivity index (χ4n) is 1.95. The molecule has 1 fully saturated rings.